The van der Waals surface area contributed by atoms with Crippen LogP contribution in [0.2, 0.25) is 0 Å². The van der Waals surface area contributed by atoms with E-state index in [9.17, 15) is 36.5 Å². The van der Waals surface area contributed by atoms with E-state index in [0.29, 0.717) is 0 Å². The Bertz CT molecular complexity index is 781. The van der Waals surface area contributed by atoms with E-state index in [1.165, 1.54) is 0 Å². The Balaban J connectivity index is -0.000000122. The van der Waals surface area contributed by atoms with Crippen LogP contribution >= 0.6 is 60.8 Å². The van der Waals surface area contributed by atoms with Crippen molar-refractivity contribution in [3.05, 3.63) is 0 Å². The van der Waals surface area contributed by atoms with Gasteiger partial charge in [-0.3, -0.25) is 36.5 Å². The van der Waals surface area contributed by atoms with Crippen molar-refractivity contribution in [1.82, 2.24) is 6.15 Å². The molecule has 0 radical (unpaired) electrons. The van der Waals surface area contributed by atoms with E-state index in [2.05, 4.69) is 0 Å². The molecule has 0 aromatic carbocycles. The van der Waals surface area contributed by atoms with Gasteiger partial charge < -0.3 is 84.4 Å². The minimum Gasteiger partial charge on any atom is -0.344 e. The van der Waals surface area contributed by atoms with Crippen LogP contribution in [-0.4, -0.2) is 102 Å². The smallest absolute Gasteiger partial charge is 0.337 e. The first kappa shape index (κ1) is 47.9. The molecule has 0 rings (SSSR count). The van der Waals surface area contributed by atoms with E-state index in [-0.39, 0.29) is 6.15 Å². The molecule has 0 aliphatic rings. The zero-order valence-corrected chi connectivity index (χ0v) is 24.7. The first-order valence-corrected chi connectivity index (χ1v) is 21.6. The molecule has 0 fully saturated rings. The zero-order valence-electron chi connectivity index (χ0n) is 17.5. The van der Waals surface area contributed by atoms with Crippen molar-refractivity contribution in [2.45, 2.75) is 0 Å². The minimum atomic E-state index is -4.55. The van der Waals surface area contributed by atoms with Gasteiger partial charge in [0.25, 0.3) is 0 Å². The van der Waals surface area contributed by atoms with Crippen LogP contribution in [0.25, 0.3) is 0 Å². The quantitative estimate of drug-likeness (QED) is 0.114. The lowest BCUT2D eigenvalue weighted by molar-refractivity contribution is 0.352. The Kier molecular flexibility index (Phi) is 22.3. The lowest BCUT2D eigenvalue weighted by Crippen LogP contribution is -1.88. The highest BCUT2D eigenvalue weighted by Crippen LogP contribution is 2.53. The van der Waals surface area contributed by atoms with Crippen molar-refractivity contribution in [2.24, 2.45) is 0 Å². The highest BCUT2D eigenvalue weighted by atomic mass is 31.3. The van der Waals surface area contributed by atoms with E-state index in [1.54, 1.807) is 0 Å². The summed E-state index contributed by atoms with van der Waals surface area (Å²) in [7, 11) is -36.4. The van der Waals surface area contributed by atoms with Crippen LogP contribution in [0.15, 0.2) is 0 Å². The fraction of sp³-hybridized carbons (Fsp3) is 1.00. The lowest BCUT2D eigenvalue weighted by Gasteiger charge is -2.03. The summed E-state index contributed by atoms with van der Waals surface area (Å²) in [4.78, 5) is 128. The Morgan fingerprint density at radius 2 is 0.297 bits per heavy atom. The van der Waals surface area contributed by atoms with Crippen molar-refractivity contribution in [2.75, 3.05) is 23.6 Å². The van der Waals surface area contributed by atoms with Gasteiger partial charge in [0.15, 0.2) is 23.6 Å². The van der Waals surface area contributed by atoms with E-state index in [0.717, 1.165) is 0 Å². The van der Waals surface area contributed by atoms with Crippen LogP contribution in [0.3, 0.4) is 0 Å². The van der Waals surface area contributed by atoms with Gasteiger partial charge in [-0.05, 0) is 0 Å². The summed E-state index contributed by atoms with van der Waals surface area (Å²) in [5.74, 6) is -5.50. The van der Waals surface area contributed by atoms with Gasteiger partial charge in [-0.25, -0.2) is 0 Å². The maximum Gasteiger partial charge on any atom is 0.337 e. The van der Waals surface area contributed by atoms with Crippen molar-refractivity contribution in [3.8, 4) is 0 Å². The van der Waals surface area contributed by atoms with Gasteiger partial charge in [-0.15, -0.1) is 0 Å². The fourth-order valence-corrected chi connectivity index (χ4v) is 8.64. The molecule has 0 unspecified atom stereocenters. The highest BCUT2D eigenvalue weighted by Gasteiger charge is 2.28. The topological polar surface area (TPSA) is 495 Å². The maximum atomic E-state index is 9.85. The first-order chi connectivity index (χ1) is 14.8. The molecular formula is C4H27NO24P8. The monoisotopic (exact) mass is 721 g/mol. The van der Waals surface area contributed by atoms with Crippen LogP contribution in [0.4, 0.5) is 0 Å². The summed E-state index contributed by atoms with van der Waals surface area (Å²) in [6, 6.07) is 0. The van der Waals surface area contributed by atoms with Crippen LogP contribution in [0.5, 0.6) is 0 Å². The van der Waals surface area contributed by atoms with Gasteiger partial charge in [0.05, 0.1) is 0 Å². The van der Waals surface area contributed by atoms with Gasteiger partial charge in [0.1, 0.15) is 0 Å². The third kappa shape index (κ3) is 72.6. The van der Waals surface area contributed by atoms with E-state index in [4.69, 9.17) is 78.3 Å². The molecule has 232 valence electrons. The summed E-state index contributed by atoms with van der Waals surface area (Å²) in [5.41, 5.74) is 0. The number of hydrogen-bond donors (Lipinski definition) is 17. The molecule has 0 aliphatic heterocycles. The average Bonchev–Trinajstić information content (AvgIpc) is 2.19. The molecule has 0 bridgehead atoms. The van der Waals surface area contributed by atoms with Gasteiger partial charge in [0.2, 0.25) is 0 Å². The number of hydrogen-bond acceptors (Lipinski definition) is 9. The van der Waals surface area contributed by atoms with Crippen LogP contribution in [0, 0.1) is 0 Å². The van der Waals surface area contributed by atoms with Crippen molar-refractivity contribution < 1.29 is 115 Å². The SMILES string of the molecule is N.O=P(O)(O)CP(=O)(O)O.O=P(O)(O)CP(=O)(O)O.O=P(O)(O)CP(=O)(O)O.O=P(O)(O)CP(=O)(O)O. The lowest BCUT2D eigenvalue weighted by atomic mass is 11.9. The van der Waals surface area contributed by atoms with Gasteiger partial charge in [0, 0.05) is 0 Å². The second-order valence-electron chi connectivity index (χ2n) is 5.88. The van der Waals surface area contributed by atoms with Gasteiger partial charge in [-0.1, -0.05) is 0 Å². The molecule has 0 aromatic rings. The standard InChI is InChI=1S/4CH6O6P2.H3N/c4*2-8(3,4)1-9(5,6)7;/h4*1H2,(H2,2,3,4)(H2,5,6,7);1H3. The third-order valence-electron chi connectivity index (χ3n) is 1.47. The zero-order chi connectivity index (χ0) is 30.8. The Morgan fingerprint density at radius 3 is 0.297 bits per heavy atom. The largest absolute Gasteiger partial charge is 0.344 e. The Hall–Kier alpha value is 1.16. The summed E-state index contributed by atoms with van der Waals surface area (Å²) < 4.78 is 78.8. The van der Waals surface area contributed by atoms with Crippen molar-refractivity contribution in [3.63, 3.8) is 0 Å². The highest BCUT2D eigenvalue weighted by molar-refractivity contribution is 7.70. The fourth-order valence-electron chi connectivity index (χ4n) is 0.960. The average molecular weight is 721 g/mol. The molecule has 0 heterocycles. The Labute approximate surface area is 205 Å². The second-order valence-corrected chi connectivity index (χ2v) is 21.0. The predicted molar refractivity (Wildman–Crippen MR) is 121 cm³/mol. The molecule has 37 heavy (non-hydrogen) atoms. The summed E-state index contributed by atoms with van der Waals surface area (Å²) >= 11 is 0. The predicted octanol–water partition coefficient (Wildman–Crippen LogP) is -2.64. The molecule has 19 N–H and O–H groups in total. The molecule has 0 spiro atoms. The molecule has 0 aliphatic carbocycles. The number of rotatable bonds is 8. The Morgan fingerprint density at radius 1 is 0.243 bits per heavy atom. The normalized spacial score (nSPS) is 13.4. The third-order valence-corrected chi connectivity index (χ3v) is 13.3. The summed E-state index contributed by atoms with van der Waals surface area (Å²) in [6.07, 6.45) is 0. The molecule has 0 aromatic heterocycles. The first-order valence-electron chi connectivity index (χ1n) is 7.19. The molecule has 25 nitrogen and oxygen atoms in total. The molecule has 33 heteroatoms. The second kappa shape index (κ2) is 17.2. The summed E-state index contributed by atoms with van der Waals surface area (Å²) in [6.45, 7) is 0. The molecular weight excluding hydrogens is 694 g/mol. The minimum absolute atomic E-state index is 0. The maximum absolute atomic E-state index is 9.85. The van der Waals surface area contributed by atoms with Crippen LogP contribution in [-0.2, 0) is 36.5 Å². The van der Waals surface area contributed by atoms with E-state index < -0.39 is 84.4 Å². The van der Waals surface area contributed by atoms with Crippen molar-refractivity contribution in [1.29, 1.82) is 0 Å². The molecule has 0 saturated carbocycles. The van der Waals surface area contributed by atoms with Crippen molar-refractivity contribution >= 4 is 60.8 Å². The van der Waals surface area contributed by atoms with Crippen LogP contribution < -0.4 is 6.15 Å². The van der Waals surface area contributed by atoms with E-state index >= 15 is 0 Å². The van der Waals surface area contributed by atoms with E-state index in [1.807, 2.05) is 0 Å². The molecule has 0 amide bonds. The molecule has 0 atom stereocenters. The van der Waals surface area contributed by atoms with Crippen LogP contribution in [0.1, 0.15) is 0 Å². The molecule has 0 saturated heterocycles. The van der Waals surface area contributed by atoms with Gasteiger partial charge >= 0.3 is 60.8 Å². The van der Waals surface area contributed by atoms with Gasteiger partial charge in [-0.2, -0.15) is 0 Å². The summed E-state index contributed by atoms with van der Waals surface area (Å²) in [5, 5.41) is 0.